The van der Waals surface area contributed by atoms with Crippen molar-refractivity contribution in [1.82, 2.24) is 5.32 Å². The van der Waals surface area contributed by atoms with Crippen LogP contribution >= 0.6 is 12.2 Å². The summed E-state index contributed by atoms with van der Waals surface area (Å²) in [5, 5.41) is 5.42. The van der Waals surface area contributed by atoms with Crippen molar-refractivity contribution >= 4 is 35.1 Å². The average Bonchev–Trinajstić information content (AvgIpc) is 2.62. The van der Waals surface area contributed by atoms with Crippen LogP contribution in [0, 0.1) is 13.8 Å². The average molecular weight is 378 g/mol. The normalized spacial score (nSPS) is 10.9. The first-order valence-corrected chi connectivity index (χ1v) is 8.45. The summed E-state index contributed by atoms with van der Waals surface area (Å²) in [5.41, 5.74) is 4.65. The van der Waals surface area contributed by atoms with E-state index in [1.165, 1.54) is 6.07 Å². The number of hydrogen-bond acceptors (Lipinski definition) is 4. The topological polar surface area (TPSA) is 50.4 Å². The number of nitrogens with one attached hydrogen (secondary N) is 2. The molecule has 2 rings (SSSR count). The van der Waals surface area contributed by atoms with Gasteiger partial charge in [-0.2, -0.15) is 0 Å². The van der Waals surface area contributed by atoms with Gasteiger partial charge in [-0.15, -0.1) is 0 Å². The number of alkyl halides is 2. The van der Waals surface area contributed by atoms with Gasteiger partial charge in [0, 0.05) is 5.69 Å². The molecule has 0 bridgehead atoms. The Balaban J connectivity index is 2.14. The van der Waals surface area contributed by atoms with E-state index < -0.39 is 25.0 Å². The van der Waals surface area contributed by atoms with E-state index in [4.69, 9.17) is 4.74 Å². The number of aryl methyl sites for hydroxylation is 1. The minimum Gasteiger partial charge on any atom is -0.456 e. The number of thiocarbonyl (C=S) groups is 1. The van der Waals surface area contributed by atoms with Gasteiger partial charge in [-0.1, -0.05) is 36.5 Å². The summed E-state index contributed by atoms with van der Waals surface area (Å²) in [7, 11) is 0. The largest absolute Gasteiger partial charge is 0.456 e. The molecule has 138 valence electrons. The lowest BCUT2D eigenvalue weighted by Gasteiger charge is -2.17. The molecule has 2 N–H and O–H groups in total. The number of anilines is 2. The second-order valence-corrected chi connectivity index (χ2v) is 6.08. The monoisotopic (exact) mass is 378 g/mol. The summed E-state index contributed by atoms with van der Waals surface area (Å²) in [6, 6.07) is 12.4. The van der Waals surface area contributed by atoms with Gasteiger partial charge in [0.15, 0.2) is 6.61 Å². The fraction of sp³-hybridized carbons (Fsp3) is 0.263. The van der Waals surface area contributed by atoms with Gasteiger partial charge in [-0.05, 0) is 43.2 Å². The molecule has 0 atom stereocenters. The number of ether oxygens (including phenoxy) is 1. The highest BCUT2D eigenvalue weighted by atomic mass is 32.1. The Morgan fingerprint density at radius 2 is 1.85 bits per heavy atom. The summed E-state index contributed by atoms with van der Waals surface area (Å²) in [4.78, 5) is 12.3. The number of benzene rings is 2. The zero-order valence-corrected chi connectivity index (χ0v) is 15.3. The van der Waals surface area contributed by atoms with E-state index in [2.05, 4.69) is 22.9 Å². The van der Waals surface area contributed by atoms with Crippen molar-refractivity contribution in [2.24, 2.45) is 0 Å². The van der Waals surface area contributed by atoms with E-state index in [1.54, 1.807) is 18.2 Å². The molecular weight excluding hydrogens is 358 g/mol. The minimum atomic E-state index is -3.21. The first kappa shape index (κ1) is 19.8. The van der Waals surface area contributed by atoms with Crippen molar-refractivity contribution < 1.29 is 18.3 Å². The summed E-state index contributed by atoms with van der Waals surface area (Å²) >= 11 is 4.45. The van der Waals surface area contributed by atoms with E-state index in [0.717, 1.165) is 22.3 Å². The van der Waals surface area contributed by atoms with Crippen molar-refractivity contribution in [2.45, 2.75) is 19.8 Å². The van der Waals surface area contributed by atoms with E-state index in [9.17, 15) is 13.6 Å². The molecule has 0 aliphatic heterocycles. The van der Waals surface area contributed by atoms with Crippen LogP contribution in [0.1, 0.15) is 21.5 Å². The lowest BCUT2D eigenvalue weighted by atomic mass is 10.1. The molecule has 0 saturated carbocycles. The molecule has 0 unspecified atom stereocenters. The summed E-state index contributed by atoms with van der Waals surface area (Å²) < 4.78 is 32.0. The fourth-order valence-corrected chi connectivity index (χ4v) is 2.38. The summed E-state index contributed by atoms with van der Waals surface area (Å²) in [6.45, 7) is 2.23. The number of rotatable bonds is 8. The summed E-state index contributed by atoms with van der Waals surface area (Å²) in [6.07, 6.45) is 0. The molecule has 0 fully saturated rings. The number of halogens is 2. The first-order chi connectivity index (χ1) is 12.3. The molecule has 0 amide bonds. The SMILES string of the molecule is Cc1cccc(Nc2ccccc2C(=O)OCC(F)(F)CNC=S)c1C. The zero-order valence-electron chi connectivity index (χ0n) is 14.5. The minimum absolute atomic E-state index is 0.187. The van der Waals surface area contributed by atoms with Crippen LogP contribution < -0.4 is 10.6 Å². The highest BCUT2D eigenvalue weighted by molar-refractivity contribution is 7.78. The van der Waals surface area contributed by atoms with Crippen LogP contribution in [-0.2, 0) is 4.74 Å². The van der Waals surface area contributed by atoms with Gasteiger partial charge in [-0.3, -0.25) is 0 Å². The molecule has 2 aromatic rings. The third-order valence-electron chi connectivity index (χ3n) is 3.88. The Morgan fingerprint density at radius 3 is 2.58 bits per heavy atom. The quantitative estimate of drug-likeness (QED) is 0.527. The molecule has 0 heterocycles. The Hall–Kier alpha value is -2.54. The molecule has 0 spiro atoms. The van der Waals surface area contributed by atoms with Gasteiger partial charge in [-0.25, -0.2) is 13.6 Å². The van der Waals surface area contributed by atoms with Crippen LogP contribution in [-0.4, -0.2) is 30.5 Å². The molecule has 0 aliphatic carbocycles. The highest BCUT2D eigenvalue weighted by Gasteiger charge is 2.31. The number of para-hydroxylation sites is 1. The Bertz CT molecular complexity index is 797. The molecule has 0 radical (unpaired) electrons. The second-order valence-electron chi connectivity index (χ2n) is 5.85. The fourth-order valence-electron chi connectivity index (χ4n) is 2.29. The predicted molar refractivity (Wildman–Crippen MR) is 103 cm³/mol. The number of carbonyl (C=O) groups is 1. The number of esters is 1. The van der Waals surface area contributed by atoms with E-state index in [0.29, 0.717) is 5.69 Å². The van der Waals surface area contributed by atoms with Gasteiger partial charge >= 0.3 is 5.97 Å². The standard InChI is InChI=1S/C19H20F2N2O2S/c1-13-6-5-9-16(14(13)2)23-17-8-4-3-7-15(17)18(24)25-11-19(20,21)10-22-12-26/h3-9,12,23H,10-11H2,1-2H3,(H,22,26). The molecule has 0 aromatic heterocycles. The van der Waals surface area contributed by atoms with Crippen LogP contribution in [0.2, 0.25) is 0 Å². The lowest BCUT2D eigenvalue weighted by Crippen LogP contribution is -2.36. The molecule has 2 aromatic carbocycles. The third kappa shape index (κ3) is 5.23. The van der Waals surface area contributed by atoms with Crippen molar-refractivity contribution in [3.05, 3.63) is 59.2 Å². The highest BCUT2D eigenvalue weighted by Crippen LogP contribution is 2.26. The van der Waals surface area contributed by atoms with Crippen molar-refractivity contribution in [2.75, 3.05) is 18.5 Å². The van der Waals surface area contributed by atoms with Crippen molar-refractivity contribution in [3.8, 4) is 0 Å². The second kappa shape index (κ2) is 8.71. The van der Waals surface area contributed by atoms with Crippen LogP contribution in [0.5, 0.6) is 0 Å². The molecular formula is C19H20F2N2O2S. The maximum Gasteiger partial charge on any atom is 0.340 e. The van der Waals surface area contributed by atoms with E-state index in [-0.39, 0.29) is 5.56 Å². The Kier molecular flexibility index (Phi) is 6.63. The first-order valence-electron chi connectivity index (χ1n) is 7.98. The predicted octanol–water partition coefficient (Wildman–Crippen LogP) is 4.39. The van der Waals surface area contributed by atoms with Crippen LogP contribution in [0.15, 0.2) is 42.5 Å². The Morgan fingerprint density at radius 1 is 1.15 bits per heavy atom. The maximum atomic E-state index is 13.6. The molecule has 26 heavy (non-hydrogen) atoms. The van der Waals surface area contributed by atoms with Gasteiger partial charge in [0.1, 0.15) is 0 Å². The van der Waals surface area contributed by atoms with Crippen molar-refractivity contribution in [3.63, 3.8) is 0 Å². The molecule has 4 nitrogen and oxygen atoms in total. The van der Waals surface area contributed by atoms with Gasteiger partial charge in [0.05, 0.1) is 23.3 Å². The zero-order chi connectivity index (χ0) is 19.2. The smallest absolute Gasteiger partial charge is 0.340 e. The van der Waals surface area contributed by atoms with Gasteiger partial charge in [0.25, 0.3) is 5.92 Å². The number of carbonyl (C=O) groups excluding carboxylic acids is 1. The third-order valence-corrected chi connectivity index (χ3v) is 4.05. The van der Waals surface area contributed by atoms with Crippen LogP contribution in [0.4, 0.5) is 20.2 Å². The molecule has 7 heteroatoms. The summed E-state index contributed by atoms with van der Waals surface area (Å²) in [5.74, 6) is -4.03. The number of hydrogen-bond donors (Lipinski definition) is 2. The Labute approximate surface area is 156 Å². The van der Waals surface area contributed by atoms with Crippen LogP contribution in [0.3, 0.4) is 0 Å². The molecule has 0 saturated heterocycles. The van der Waals surface area contributed by atoms with Gasteiger partial charge in [0.2, 0.25) is 0 Å². The van der Waals surface area contributed by atoms with E-state index in [1.807, 2.05) is 32.0 Å². The maximum absolute atomic E-state index is 13.6. The van der Waals surface area contributed by atoms with Crippen molar-refractivity contribution in [1.29, 1.82) is 0 Å². The van der Waals surface area contributed by atoms with Gasteiger partial charge < -0.3 is 15.4 Å². The van der Waals surface area contributed by atoms with Crippen LogP contribution in [0.25, 0.3) is 0 Å². The molecule has 0 aliphatic rings. The lowest BCUT2D eigenvalue weighted by molar-refractivity contribution is -0.0560. The van der Waals surface area contributed by atoms with E-state index >= 15 is 0 Å².